The Morgan fingerprint density at radius 1 is 0.871 bits per heavy atom. The van der Waals surface area contributed by atoms with E-state index in [1.807, 2.05) is 27.7 Å². The normalized spacial score (nSPS) is 10.5. The molecule has 0 aliphatic carbocycles. The molecule has 8 heteroatoms. The molecule has 1 aromatic heterocycles. The van der Waals surface area contributed by atoms with Crippen LogP contribution in [0.3, 0.4) is 0 Å². The highest BCUT2D eigenvalue weighted by Gasteiger charge is 2.14. The topological polar surface area (TPSA) is 105 Å². The zero-order chi connectivity index (χ0) is 22.4. The maximum atomic E-state index is 12.6. The van der Waals surface area contributed by atoms with Crippen molar-refractivity contribution >= 4 is 23.2 Å². The average molecular weight is 422 g/mol. The van der Waals surface area contributed by atoms with Crippen LogP contribution in [0.2, 0.25) is 0 Å². The third-order valence-corrected chi connectivity index (χ3v) is 4.58. The number of nitrogens with one attached hydrogen (secondary N) is 3. The monoisotopic (exact) mass is 422 g/mol. The van der Waals surface area contributed by atoms with Gasteiger partial charge in [-0.3, -0.25) is 14.7 Å². The molecule has 8 nitrogen and oxygen atoms in total. The molecule has 1 heterocycles. The number of benzene rings is 2. The van der Waals surface area contributed by atoms with Crippen molar-refractivity contribution in [3.63, 3.8) is 0 Å². The van der Waals surface area contributed by atoms with Gasteiger partial charge in [-0.25, -0.2) is 0 Å². The molecule has 0 spiro atoms. The second-order valence-electron chi connectivity index (χ2n) is 6.82. The molecule has 0 saturated carbocycles. The number of nitrogens with zero attached hydrogens (tertiary/aromatic N) is 1. The minimum atomic E-state index is -0.286. The van der Waals surface area contributed by atoms with E-state index in [1.165, 1.54) is 0 Å². The molecule has 0 aliphatic rings. The lowest BCUT2D eigenvalue weighted by atomic mass is 10.1. The Hall–Kier alpha value is -3.81. The summed E-state index contributed by atoms with van der Waals surface area (Å²) in [4.78, 5) is 25.1. The van der Waals surface area contributed by atoms with Crippen molar-refractivity contribution in [2.45, 2.75) is 27.7 Å². The first-order valence-electron chi connectivity index (χ1n) is 10.1. The zero-order valence-electron chi connectivity index (χ0n) is 18.0. The van der Waals surface area contributed by atoms with Crippen LogP contribution in [-0.2, 0) is 0 Å². The number of hydrogen-bond acceptors (Lipinski definition) is 5. The van der Waals surface area contributed by atoms with Crippen LogP contribution in [0.15, 0.2) is 42.5 Å². The van der Waals surface area contributed by atoms with Gasteiger partial charge in [0.05, 0.1) is 30.3 Å². The summed E-state index contributed by atoms with van der Waals surface area (Å²) in [5.41, 5.74) is 3.66. The van der Waals surface area contributed by atoms with Gasteiger partial charge < -0.3 is 20.1 Å². The molecule has 0 atom stereocenters. The molecule has 31 heavy (non-hydrogen) atoms. The van der Waals surface area contributed by atoms with Gasteiger partial charge in [0, 0.05) is 16.8 Å². The molecule has 0 bridgehead atoms. The summed E-state index contributed by atoms with van der Waals surface area (Å²) in [5.74, 6) is 0.581. The van der Waals surface area contributed by atoms with Crippen molar-refractivity contribution in [1.29, 1.82) is 0 Å². The maximum absolute atomic E-state index is 12.6. The van der Waals surface area contributed by atoms with E-state index < -0.39 is 0 Å². The highest BCUT2D eigenvalue weighted by molar-refractivity contribution is 6.06. The van der Waals surface area contributed by atoms with Crippen LogP contribution in [0.5, 0.6) is 11.5 Å². The van der Waals surface area contributed by atoms with Crippen LogP contribution in [0.4, 0.5) is 11.4 Å². The summed E-state index contributed by atoms with van der Waals surface area (Å²) in [6.07, 6.45) is 0. The van der Waals surface area contributed by atoms with Crippen molar-refractivity contribution in [3.8, 4) is 11.5 Å². The summed E-state index contributed by atoms with van der Waals surface area (Å²) in [7, 11) is 0. The molecule has 3 rings (SSSR count). The lowest BCUT2D eigenvalue weighted by Crippen LogP contribution is -2.14. The molecule has 3 N–H and O–H groups in total. The fourth-order valence-electron chi connectivity index (χ4n) is 3.02. The number of H-pyrrole nitrogens is 1. The lowest BCUT2D eigenvalue weighted by molar-refractivity contribution is 0.101. The first kappa shape index (κ1) is 21.9. The molecular formula is C23H26N4O4. The van der Waals surface area contributed by atoms with E-state index in [-0.39, 0.29) is 11.8 Å². The summed E-state index contributed by atoms with van der Waals surface area (Å²) < 4.78 is 11.1. The Balaban J connectivity index is 1.68. The van der Waals surface area contributed by atoms with Gasteiger partial charge in [0.15, 0.2) is 11.5 Å². The summed E-state index contributed by atoms with van der Waals surface area (Å²) in [6.45, 7) is 8.38. The van der Waals surface area contributed by atoms with Gasteiger partial charge in [-0.2, -0.15) is 5.10 Å². The number of amides is 2. The number of hydrogen-bond donors (Lipinski definition) is 3. The smallest absolute Gasteiger partial charge is 0.255 e. The van der Waals surface area contributed by atoms with Crippen LogP contribution in [-0.4, -0.2) is 35.2 Å². The predicted molar refractivity (Wildman–Crippen MR) is 119 cm³/mol. The highest BCUT2D eigenvalue weighted by Crippen LogP contribution is 2.29. The van der Waals surface area contributed by atoms with Gasteiger partial charge in [-0.05, 0) is 70.2 Å². The molecule has 0 fully saturated rings. The average Bonchev–Trinajstić information content (AvgIpc) is 3.07. The van der Waals surface area contributed by atoms with E-state index in [1.54, 1.807) is 42.5 Å². The molecule has 2 amide bonds. The third kappa shape index (κ3) is 5.22. The quantitative estimate of drug-likeness (QED) is 0.501. The fourth-order valence-corrected chi connectivity index (χ4v) is 3.02. The van der Waals surface area contributed by atoms with E-state index >= 15 is 0 Å². The van der Waals surface area contributed by atoms with Crippen LogP contribution in [0.25, 0.3) is 0 Å². The number of aromatic amines is 1. The van der Waals surface area contributed by atoms with Crippen LogP contribution < -0.4 is 20.1 Å². The Labute approximate surface area is 181 Å². The van der Waals surface area contributed by atoms with Crippen LogP contribution in [0, 0.1) is 13.8 Å². The Morgan fingerprint density at radius 3 is 2.10 bits per heavy atom. The molecular weight excluding hydrogens is 396 g/mol. The number of anilines is 2. The van der Waals surface area contributed by atoms with Gasteiger partial charge in [-0.1, -0.05) is 0 Å². The second-order valence-corrected chi connectivity index (χ2v) is 6.82. The predicted octanol–water partition coefficient (Wildman–Crippen LogP) is 4.33. The van der Waals surface area contributed by atoms with E-state index in [0.717, 1.165) is 11.4 Å². The van der Waals surface area contributed by atoms with Crippen LogP contribution in [0.1, 0.15) is 46.0 Å². The molecule has 0 aliphatic heterocycles. The molecule has 0 saturated heterocycles. The molecule has 0 unspecified atom stereocenters. The maximum Gasteiger partial charge on any atom is 0.255 e. The Bertz CT molecular complexity index is 1050. The standard InChI is InChI=1S/C23H26N4O4/c1-5-30-19-12-9-17(13-20(19)31-6-2)23(29)24-18-10-7-16(8-11-18)22(28)25-21-14(3)26-27-15(21)4/h7-13H,5-6H2,1-4H3,(H,24,29)(H,25,28)(H,26,27). The number of ether oxygens (including phenoxy) is 2. The first-order chi connectivity index (χ1) is 14.9. The number of carbonyl (C=O) groups excluding carboxylic acids is 2. The van der Waals surface area contributed by atoms with E-state index in [0.29, 0.717) is 47.2 Å². The van der Waals surface area contributed by atoms with Crippen molar-refractivity contribution < 1.29 is 19.1 Å². The molecule has 2 aromatic carbocycles. The SMILES string of the molecule is CCOc1ccc(C(=O)Nc2ccc(C(=O)Nc3c(C)n[nH]c3C)cc2)cc1OCC. The lowest BCUT2D eigenvalue weighted by Gasteiger charge is -2.12. The highest BCUT2D eigenvalue weighted by atomic mass is 16.5. The summed E-state index contributed by atoms with van der Waals surface area (Å²) in [5, 5.41) is 12.6. The van der Waals surface area contributed by atoms with Crippen molar-refractivity contribution in [2.24, 2.45) is 0 Å². The van der Waals surface area contributed by atoms with Crippen molar-refractivity contribution in [1.82, 2.24) is 10.2 Å². The minimum absolute atomic E-state index is 0.252. The molecule has 3 aromatic rings. The second kappa shape index (κ2) is 9.80. The number of carbonyl (C=O) groups is 2. The minimum Gasteiger partial charge on any atom is -0.490 e. The summed E-state index contributed by atoms with van der Waals surface area (Å²) in [6, 6.07) is 11.7. The van der Waals surface area contributed by atoms with Gasteiger partial charge >= 0.3 is 0 Å². The fraction of sp³-hybridized carbons (Fsp3) is 0.261. The largest absolute Gasteiger partial charge is 0.490 e. The number of aromatic nitrogens is 2. The van der Waals surface area contributed by atoms with Crippen LogP contribution >= 0.6 is 0 Å². The molecule has 162 valence electrons. The van der Waals surface area contributed by atoms with Crippen molar-refractivity contribution in [2.75, 3.05) is 23.8 Å². The van der Waals surface area contributed by atoms with E-state index in [2.05, 4.69) is 20.8 Å². The number of aryl methyl sites for hydroxylation is 2. The van der Waals surface area contributed by atoms with E-state index in [9.17, 15) is 9.59 Å². The summed E-state index contributed by atoms with van der Waals surface area (Å²) >= 11 is 0. The zero-order valence-corrected chi connectivity index (χ0v) is 18.0. The number of rotatable bonds is 8. The first-order valence-corrected chi connectivity index (χ1v) is 10.1. The van der Waals surface area contributed by atoms with Gasteiger partial charge in [0.2, 0.25) is 0 Å². The van der Waals surface area contributed by atoms with Gasteiger partial charge in [0.1, 0.15) is 0 Å². The Morgan fingerprint density at radius 2 is 1.48 bits per heavy atom. The van der Waals surface area contributed by atoms with Gasteiger partial charge in [0.25, 0.3) is 11.8 Å². The van der Waals surface area contributed by atoms with Crippen molar-refractivity contribution in [3.05, 3.63) is 65.0 Å². The Kier molecular flexibility index (Phi) is 6.92. The van der Waals surface area contributed by atoms with E-state index in [4.69, 9.17) is 9.47 Å². The van der Waals surface area contributed by atoms with Gasteiger partial charge in [-0.15, -0.1) is 0 Å². The molecule has 0 radical (unpaired) electrons. The third-order valence-electron chi connectivity index (χ3n) is 4.58.